The minimum Gasteiger partial charge on any atom is -0.321 e. The largest absolute Gasteiger partial charge is 0.321 e. The standard InChI is InChI=1S/C15H13N5OS/c1-10-3-5-11(6-4-10)18-13(21)12-9-22-15(19-12)20-14-16-7-2-8-17-14/h2-9H,1H3,(H,18,21)(H,16,17,19,20). The molecule has 1 amide bonds. The smallest absolute Gasteiger partial charge is 0.275 e. The second kappa shape index (κ2) is 6.31. The molecule has 0 aliphatic heterocycles. The van der Waals surface area contributed by atoms with Crippen molar-refractivity contribution in [2.75, 3.05) is 10.6 Å². The van der Waals surface area contributed by atoms with E-state index in [1.807, 2.05) is 31.2 Å². The van der Waals surface area contributed by atoms with Gasteiger partial charge in [0.05, 0.1) is 0 Å². The fourth-order valence-electron chi connectivity index (χ4n) is 1.73. The van der Waals surface area contributed by atoms with Crippen LogP contribution in [0.5, 0.6) is 0 Å². The third-order valence-corrected chi connectivity index (χ3v) is 3.59. The van der Waals surface area contributed by atoms with Gasteiger partial charge < -0.3 is 10.6 Å². The number of carbonyl (C=O) groups excluding carboxylic acids is 1. The Kier molecular flexibility index (Phi) is 4.06. The van der Waals surface area contributed by atoms with Crippen LogP contribution in [0.4, 0.5) is 16.8 Å². The summed E-state index contributed by atoms with van der Waals surface area (Å²) in [6.07, 6.45) is 3.27. The highest BCUT2D eigenvalue weighted by Crippen LogP contribution is 2.19. The number of aryl methyl sites for hydroxylation is 1. The number of nitrogens with zero attached hydrogens (tertiary/aromatic N) is 3. The van der Waals surface area contributed by atoms with Crippen LogP contribution in [0, 0.1) is 6.92 Å². The van der Waals surface area contributed by atoms with Crippen LogP contribution in [0.1, 0.15) is 16.1 Å². The van der Waals surface area contributed by atoms with Crippen molar-refractivity contribution < 1.29 is 4.79 Å². The quantitative estimate of drug-likeness (QED) is 0.773. The van der Waals surface area contributed by atoms with E-state index in [4.69, 9.17) is 0 Å². The maximum Gasteiger partial charge on any atom is 0.275 e. The third-order valence-electron chi connectivity index (χ3n) is 2.83. The van der Waals surface area contributed by atoms with Crippen molar-refractivity contribution in [2.45, 2.75) is 6.92 Å². The predicted molar refractivity (Wildman–Crippen MR) is 86.6 cm³/mol. The van der Waals surface area contributed by atoms with Gasteiger partial charge in [0, 0.05) is 23.5 Å². The highest BCUT2D eigenvalue weighted by molar-refractivity contribution is 7.14. The first-order valence-electron chi connectivity index (χ1n) is 6.58. The molecule has 0 saturated carbocycles. The van der Waals surface area contributed by atoms with E-state index in [2.05, 4.69) is 25.6 Å². The van der Waals surface area contributed by atoms with Crippen molar-refractivity contribution >= 4 is 34.0 Å². The summed E-state index contributed by atoms with van der Waals surface area (Å²) in [7, 11) is 0. The van der Waals surface area contributed by atoms with E-state index >= 15 is 0 Å². The van der Waals surface area contributed by atoms with Gasteiger partial charge in [-0.25, -0.2) is 15.0 Å². The number of rotatable bonds is 4. The van der Waals surface area contributed by atoms with Crippen LogP contribution in [-0.4, -0.2) is 20.9 Å². The van der Waals surface area contributed by atoms with Gasteiger partial charge in [-0.3, -0.25) is 4.79 Å². The summed E-state index contributed by atoms with van der Waals surface area (Å²) >= 11 is 1.32. The zero-order valence-electron chi connectivity index (χ0n) is 11.8. The lowest BCUT2D eigenvalue weighted by molar-refractivity contribution is 0.102. The SMILES string of the molecule is Cc1ccc(NC(=O)c2csc(Nc3ncccn3)n2)cc1. The van der Waals surface area contributed by atoms with Gasteiger partial charge in [-0.2, -0.15) is 0 Å². The van der Waals surface area contributed by atoms with Gasteiger partial charge in [0.25, 0.3) is 5.91 Å². The maximum absolute atomic E-state index is 12.1. The fourth-order valence-corrected chi connectivity index (χ4v) is 2.41. The van der Waals surface area contributed by atoms with Gasteiger partial charge in [0.2, 0.25) is 5.95 Å². The number of benzene rings is 1. The molecule has 7 heteroatoms. The number of hydrogen-bond donors (Lipinski definition) is 2. The molecule has 0 aliphatic rings. The molecule has 22 heavy (non-hydrogen) atoms. The number of aromatic nitrogens is 3. The van der Waals surface area contributed by atoms with E-state index in [0.717, 1.165) is 11.3 Å². The average Bonchev–Trinajstić information content (AvgIpc) is 2.99. The van der Waals surface area contributed by atoms with Crippen LogP contribution in [0.2, 0.25) is 0 Å². The Bertz CT molecular complexity index is 770. The Balaban J connectivity index is 1.67. The van der Waals surface area contributed by atoms with Gasteiger partial charge in [0.15, 0.2) is 5.13 Å². The molecule has 0 atom stereocenters. The van der Waals surface area contributed by atoms with Crippen molar-refractivity contribution in [1.82, 2.24) is 15.0 Å². The molecule has 2 aromatic heterocycles. The number of thiazole rings is 1. The Morgan fingerprint density at radius 1 is 1.14 bits per heavy atom. The molecule has 0 unspecified atom stereocenters. The Morgan fingerprint density at radius 2 is 1.86 bits per heavy atom. The van der Waals surface area contributed by atoms with Gasteiger partial charge in [-0.1, -0.05) is 17.7 Å². The van der Waals surface area contributed by atoms with Crippen LogP contribution < -0.4 is 10.6 Å². The molecule has 1 aromatic carbocycles. The third kappa shape index (κ3) is 3.44. The van der Waals surface area contributed by atoms with Gasteiger partial charge in [-0.05, 0) is 25.1 Å². The summed E-state index contributed by atoms with van der Waals surface area (Å²) in [5, 5.41) is 8.02. The number of amides is 1. The monoisotopic (exact) mass is 311 g/mol. The molecule has 0 spiro atoms. The van der Waals surface area contributed by atoms with E-state index < -0.39 is 0 Å². The Labute approximate surface area is 131 Å². The molecule has 3 rings (SSSR count). The minimum absolute atomic E-state index is 0.248. The lowest BCUT2D eigenvalue weighted by Crippen LogP contribution is -2.12. The van der Waals surface area contributed by atoms with Gasteiger partial charge in [0.1, 0.15) is 5.69 Å². The predicted octanol–water partition coefficient (Wildman–Crippen LogP) is 3.24. The highest BCUT2D eigenvalue weighted by Gasteiger charge is 2.11. The molecule has 6 nitrogen and oxygen atoms in total. The number of hydrogen-bond acceptors (Lipinski definition) is 6. The summed E-state index contributed by atoms with van der Waals surface area (Å²) in [5.74, 6) is 0.199. The second-order valence-corrected chi connectivity index (χ2v) is 5.41. The first-order chi connectivity index (χ1) is 10.7. The number of nitrogens with one attached hydrogen (secondary N) is 2. The van der Waals surface area contributed by atoms with Crippen LogP contribution in [0.25, 0.3) is 0 Å². The summed E-state index contributed by atoms with van der Waals surface area (Å²) in [5.41, 5.74) is 2.23. The molecule has 0 aliphatic carbocycles. The maximum atomic E-state index is 12.1. The molecule has 0 fully saturated rings. The minimum atomic E-state index is -0.248. The lowest BCUT2D eigenvalue weighted by atomic mass is 10.2. The molecule has 110 valence electrons. The van der Waals surface area contributed by atoms with E-state index in [0.29, 0.717) is 16.8 Å². The van der Waals surface area contributed by atoms with Gasteiger partial charge >= 0.3 is 0 Å². The summed E-state index contributed by atoms with van der Waals surface area (Å²) in [4.78, 5) is 24.5. The lowest BCUT2D eigenvalue weighted by Gasteiger charge is -2.03. The van der Waals surface area contributed by atoms with Crippen LogP contribution in [-0.2, 0) is 0 Å². The zero-order chi connectivity index (χ0) is 15.4. The van der Waals surface area contributed by atoms with Crippen LogP contribution >= 0.6 is 11.3 Å². The van der Waals surface area contributed by atoms with Crippen LogP contribution in [0.3, 0.4) is 0 Å². The van der Waals surface area contributed by atoms with Crippen molar-refractivity contribution in [2.24, 2.45) is 0 Å². The first kappa shape index (κ1) is 14.2. The average molecular weight is 311 g/mol. The summed E-state index contributed by atoms with van der Waals surface area (Å²) in [6.45, 7) is 2.00. The molecular weight excluding hydrogens is 298 g/mol. The Morgan fingerprint density at radius 3 is 2.59 bits per heavy atom. The molecule has 0 saturated heterocycles. The summed E-state index contributed by atoms with van der Waals surface area (Å²) < 4.78 is 0. The van der Waals surface area contributed by atoms with Crippen molar-refractivity contribution in [3.8, 4) is 0 Å². The van der Waals surface area contributed by atoms with E-state index in [1.54, 1.807) is 23.8 Å². The molecule has 3 aromatic rings. The molecule has 0 bridgehead atoms. The molecular formula is C15H13N5OS. The summed E-state index contributed by atoms with van der Waals surface area (Å²) in [6, 6.07) is 9.33. The normalized spacial score (nSPS) is 10.2. The highest BCUT2D eigenvalue weighted by atomic mass is 32.1. The zero-order valence-corrected chi connectivity index (χ0v) is 12.6. The second-order valence-electron chi connectivity index (χ2n) is 4.56. The number of carbonyl (C=O) groups is 1. The van der Waals surface area contributed by atoms with Crippen LogP contribution in [0.15, 0.2) is 48.1 Å². The molecule has 2 N–H and O–H groups in total. The topological polar surface area (TPSA) is 79.8 Å². The molecule has 0 radical (unpaired) electrons. The van der Waals surface area contributed by atoms with Gasteiger partial charge in [-0.15, -0.1) is 11.3 Å². The van der Waals surface area contributed by atoms with Crippen molar-refractivity contribution in [1.29, 1.82) is 0 Å². The fraction of sp³-hybridized carbons (Fsp3) is 0.0667. The number of anilines is 3. The van der Waals surface area contributed by atoms with E-state index in [-0.39, 0.29) is 5.91 Å². The van der Waals surface area contributed by atoms with E-state index in [1.165, 1.54) is 11.3 Å². The van der Waals surface area contributed by atoms with Crippen molar-refractivity contribution in [3.63, 3.8) is 0 Å². The van der Waals surface area contributed by atoms with E-state index in [9.17, 15) is 4.79 Å². The first-order valence-corrected chi connectivity index (χ1v) is 7.46. The molecule has 2 heterocycles. The Hall–Kier alpha value is -2.80. The van der Waals surface area contributed by atoms with Crippen molar-refractivity contribution in [3.05, 3.63) is 59.4 Å².